The first-order valence-corrected chi connectivity index (χ1v) is 6.48. The van der Waals surface area contributed by atoms with Gasteiger partial charge in [-0.2, -0.15) is 0 Å². The summed E-state index contributed by atoms with van der Waals surface area (Å²) in [6.45, 7) is 0. The molecule has 3 aliphatic rings. The van der Waals surface area contributed by atoms with Crippen LogP contribution in [-0.2, 0) is 4.74 Å². The third kappa shape index (κ3) is 1.62. The number of hydrogen-bond acceptors (Lipinski definition) is 3. The van der Waals surface area contributed by atoms with E-state index in [2.05, 4.69) is 5.16 Å². The third-order valence-electron chi connectivity index (χ3n) is 4.22. The van der Waals surface area contributed by atoms with Gasteiger partial charge in [0.05, 0.1) is 5.71 Å². The topological polar surface area (TPSA) is 41.8 Å². The van der Waals surface area contributed by atoms with Crippen molar-refractivity contribution in [2.24, 2.45) is 11.1 Å². The van der Waals surface area contributed by atoms with Gasteiger partial charge >= 0.3 is 0 Å². The maximum absolute atomic E-state index is 9.02. The summed E-state index contributed by atoms with van der Waals surface area (Å²) in [7, 11) is 0. The first-order valence-electron chi connectivity index (χ1n) is 6.48. The normalized spacial score (nSPS) is 36.6. The fraction of sp³-hybridized carbons (Fsp3) is 0.769. The van der Waals surface area contributed by atoms with Gasteiger partial charge in [0.1, 0.15) is 11.9 Å². The maximum atomic E-state index is 9.02. The summed E-state index contributed by atoms with van der Waals surface area (Å²) in [6.07, 6.45) is 9.69. The van der Waals surface area contributed by atoms with Crippen LogP contribution in [0.25, 0.3) is 0 Å². The minimum Gasteiger partial charge on any atom is -0.494 e. The Balaban J connectivity index is 1.88. The first kappa shape index (κ1) is 10.2. The molecule has 0 aromatic rings. The lowest BCUT2D eigenvalue weighted by Crippen LogP contribution is -2.34. The Bertz CT molecular complexity index is 346. The lowest BCUT2D eigenvalue weighted by molar-refractivity contribution is 0.0121. The van der Waals surface area contributed by atoms with Gasteiger partial charge in [-0.25, -0.2) is 0 Å². The quantitative estimate of drug-likeness (QED) is 0.504. The predicted molar refractivity (Wildman–Crippen MR) is 61.5 cm³/mol. The number of ether oxygens (including phenoxy) is 1. The lowest BCUT2D eigenvalue weighted by atomic mass is 9.77. The van der Waals surface area contributed by atoms with Crippen LogP contribution in [0.5, 0.6) is 0 Å². The van der Waals surface area contributed by atoms with E-state index in [1.807, 2.05) is 0 Å². The Hall–Kier alpha value is -0.990. The minimum absolute atomic E-state index is 0.450. The van der Waals surface area contributed by atoms with Gasteiger partial charge in [-0.15, -0.1) is 0 Å². The molecule has 1 fully saturated rings. The molecule has 3 rings (SSSR count). The largest absolute Gasteiger partial charge is 0.494 e. The predicted octanol–water partition coefficient (Wildman–Crippen LogP) is 3.23. The molecule has 16 heavy (non-hydrogen) atoms. The molecule has 0 aromatic carbocycles. The van der Waals surface area contributed by atoms with Gasteiger partial charge < -0.3 is 9.94 Å². The molecular formula is C13H19NO2. The Morgan fingerprint density at radius 1 is 1.12 bits per heavy atom. The molecular weight excluding hydrogens is 202 g/mol. The third-order valence-corrected chi connectivity index (χ3v) is 4.22. The number of rotatable bonds is 0. The summed E-state index contributed by atoms with van der Waals surface area (Å²) >= 11 is 0. The van der Waals surface area contributed by atoms with Crippen molar-refractivity contribution in [1.82, 2.24) is 0 Å². The highest BCUT2D eigenvalue weighted by Crippen LogP contribution is 2.41. The molecule has 1 saturated carbocycles. The summed E-state index contributed by atoms with van der Waals surface area (Å²) in [5.74, 6) is 1.80. The van der Waals surface area contributed by atoms with Crippen LogP contribution >= 0.6 is 0 Å². The highest BCUT2D eigenvalue weighted by Gasteiger charge is 2.36. The van der Waals surface area contributed by atoms with Crippen molar-refractivity contribution < 1.29 is 9.94 Å². The molecule has 88 valence electrons. The highest BCUT2D eigenvalue weighted by molar-refractivity contribution is 6.01. The first-order chi connectivity index (χ1) is 7.88. The molecule has 3 nitrogen and oxygen atoms in total. The van der Waals surface area contributed by atoms with E-state index in [1.165, 1.54) is 31.3 Å². The summed E-state index contributed by atoms with van der Waals surface area (Å²) in [5, 5.41) is 12.5. The average molecular weight is 221 g/mol. The molecule has 1 N–H and O–H groups in total. The Labute approximate surface area is 96.2 Å². The second-order valence-corrected chi connectivity index (χ2v) is 5.21. The summed E-state index contributed by atoms with van der Waals surface area (Å²) in [5.41, 5.74) is 2.10. The molecule has 0 saturated heterocycles. The van der Waals surface area contributed by atoms with Crippen molar-refractivity contribution in [3.05, 3.63) is 11.3 Å². The standard InChI is InChI=1S/C13H19NO2/c15-14-11-5-3-7-13-10(11)8-9-4-1-2-6-12(9)16-13/h9,12,15H,1-8H2/b14-11-/t9-,12+/m1/s1. The van der Waals surface area contributed by atoms with Gasteiger partial charge in [0.15, 0.2) is 0 Å². The van der Waals surface area contributed by atoms with Gasteiger partial charge in [-0.3, -0.25) is 0 Å². The second kappa shape index (κ2) is 4.11. The van der Waals surface area contributed by atoms with Crippen LogP contribution in [-0.4, -0.2) is 17.0 Å². The molecule has 1 aliphatic heterocycles. The van der Waals surface area contributed by atoms with E-state index in [4.69, 9.17) is 9.94 Å². The molecule has 1 heterocycles. The maximum Gasteiger partial charge on any atom is 0.102 e. The number of hydrogen-bond donors (Lipinski definition) is 1. The van der Waals surface area contributed by atoms with Crippen LogP contribution in [0.4, 0.5) is 0 Å². The van der Waals surface area contributed by atoms with Gasteiger partial charge in [0.25, 0.3) is 0 Å². The van der Waals surface area contributed by atoms with Gasteiger partial charge in [0, 0.05) is 17.9 Å². The van der Waals surface area contributed by atoms with Gasteiger partial charge in [-0.1, -0.05) is 11.6 Å². The smallest absolute Gasteiger partial charge is 0.102 e. The molecule has 0 radical (unpaired) electrons. The zero-order chi connectivity index (χ0) is 11.0. The van der Waals surface area contributed by atoms with Crippen molar-refractivity contribution in [3.63, 3.8) is 0 Å². The van der Waals surface area contributed by atoms with Crippen LogP contribution in [0.3, 0.4) is 0 Å². The Kier molecular flexibility index (Phi) is 2.62. The number of fused-ring (bicyclic) bond motifs is 1. The molecule has 0 spiro atoms. The van der Waals surface area contributed by atoms with E-state index >= 15 is 0 Å². The summed E-state index contributed by atoms with van der Waals surface area (Å²) in [4.78, 5) is 0. The van der Waals surface area contributed by atoms with Crippen molar-refractivity contribution in [2.45, 2.75) is 57.5 Å². The van der Waals surface area contributed by atoms with E-state index in [9.17, 15) is 0 Å². The zero-order valence-electron chi connectivity index (χ0n) is 9.61. The van der Waals surface area contributed by atoms with E-state index in [1.54, 1.807) is 0 Å². The van der Waals surface area contributed by atoms with Crippen LogP contribution in [0.15, 0.2) is 16.5 Å². The van der Waals surface area contributed by atoms with E-state index < -0.39 is 0 Å². The molecule has 0 amide bonds. The van der Waals surface area contributed by atoms with Crippen molar-refractivity contribution in [2.75, 3.05) is 0 Å². The number of allylic oxidation sites excluding steroid dienone is 2. The van der Waals surface area contributed by atoms with E-state index in [0.717, 1.165) is 37.2 Å². The number of oxime groups is 1. The van der Waals surface area contributed by atoms with Crippen LogP contribution in [0.2, 0.25) is 0 Å². The van der Waals surface area contributed by atoms with Crippen molar-refractivity contribution >= 4 is 5.71 Å². The van der Waals surface area contributed by atoms with Crippen LogP contribution in [0, 0.1) is 5.92 Å². The van der Waals surface area contributed by atoms with Crippen molar-refractivity contribution in [1.29, 1.82) is 0 Å². The van der Waals surface area contributed by atoms with Gasteiger partial charge in [-0.05, 0) is 38.5 Å². The number of nitrogens with zero attached hydrogens (tertiary/aromatic N) is 1. The van der Waals surface area contributed by atoms with E-state index in [-0.39, 0.29) is 0 Å². The monoisotopic (exact) mass is 221 g/mol. The average Bonchev–Trinajstić information content (AvgIpc) is 2.35. The molecule has 0 aromatic heterocycles. The van der Waals surface area contributed by atoms with Crippen molar-refractivity contribution in [3.8, 4) is 0 Å². The second-order valence-electron chi connectivity index (χ2n) is 5.21. The molecule has 0 unspecified atom stereocenters. The summed E-state index contributed by atoms with van der Waals surface area (Å²) in [6, 6.07) is 0. The highest BCUT2D eigenvalue weighted by atomic mass is 16.5. The molecule has 3 heteroatoms. The van der Waals surface area contributed by atoms with E-state index in [0.29, 0.717) is 12.0 Å². The SMILES string of the molecule is O/N=C1/CCCC2=C1C[C@H]1CCCC[C@@H]1O2. The fourth-order valence-corrected chi connectivity index (χ4v) is 3.36. The molecule has 0 bridgehead atoms. The zero-order valence-corrected chi connectivity index (χ0v) is 9.61. The minimum atomic E-state index is 0.450. The lowest BCUT2D eigenvalue weighted by Gasteiger charge is -2.39. The van der Waals surface area contributed by atoms with Crippen LogP contribution in [0.1, 0.15) is 51.4 Å². The fourth-order valence-electron chi connectivity index (χ4n) is 3.36. The van der Waals surface area contributed by atoms with Gasteiger partial charge in [0.2, 0.25) is 0 Å². The van der Waals surface area contributed by atoms with Crippen LogP contribution < -0.4 is 0 Å². The molecule has 2 aliphatic carbocycles. The Morgan fingerprint density at radius 3 is 2.88 bits per heavy atom. The Morgan fingerprint density at radius 2 is 2.00 bits per heavy atom. The summed E-state index contributed by atoms with van der Waals surface area (Å²) < 4.78 is 6.11. The molecule has 2 atom stereocenters.